The zero-order valence-corrected chi connectivity index (χ0v) is 12.0. The van der Waals surface area contributed by atoms with Crippen molar-refractivity contribution in [3.8, 4) is 16.8 Å². The summed E-state index contributed by atoms with van der Waals surface area (Å²) in [5.41, 5.74) is 1.77. The Hall–Kier alpha value is -2.10. The molecule has 0 bridgehead atoms. The van der Waals surface area contributed by atoms with Gasteiger partial charge in [-0.05, 0) is 29.1 Å². The normalized spacial score (nSPS) is 10.3. The first kappa shape index (κ1) is 12.9. The number of aromatic amines is 1. The van der Waals surface area contributed by atoms with Crippen LogP contribution in [-0.4, -0.2) is 15.2 Å². The van der Waals surface area contributed by atoms with Crippen molar-refractivity contribution in [1.82, 2.24) is 15.2 Å². The van der Waals surface area contributed by atoms with Crippen LogP contribution >= 0.6 is 23.1 Å². The van der Waals surface area contributed by atoms with Crippen molar-refractivity contribution in [3.05, 3.63) is 52.9 Å². The molecule has 2 aromatic heterocycles. The molecular weight excluding hydrogens is 288 g/mol. The first-order valence-electron chi connectivity index (χ1n) is 5.93. The number of nitriles is 1. The number of benzene rings is 1. The average molecular weight is 298 g/mol. The van der Waals surface area contributed by atoms with Gasteiger partial charge in [0.05, 0.1) is 16.5 Å². The summed E-state index contributed by atoms with van der Waals surface area (Å²) in [4.78, 5) is 5.53. The molecule has 3 rings (SSSR count). The molecule has 1 N–H and O–H groups in total. The van der Waals surface area contributed by atoms with Gasteiger partial charge in [0.25, 0.3) is 0 Å². The fourth-order valence-electron chi connectivity index (χ4n) is 1.71. The highest BCUT2D eigenvalue weighted by Gasteiger charge is 2.07. The lowest BCUT2D eigenvalue weighted by Crippen LogP contribution is -1.83. The monoisotopic (exact) mass is 298 g/mol. The summed E-state index contributed by atoms with van der Waals surface area (Å²) in [6, 6.07) is 13.7. The second-order valence-electron chi connectivity index (χ2n) is 4.04. The van der Waals surface area contributed by atoms with E-state index >= 15 is 0 Å². The maximum Gasteiger partial charge on any atom is 0.209 e. The molecule has 0 aliphatic carbocycles. The SMILES string of the molecule is N#Cc1cccc(CSc2n[nH]c(-c3cccs3)n2)c1. The van der Waals surface area contributed by atoms with E-state index in [1.54, 1.807) is 29.2 Å². The number of nitrogens with one attached hydrogen (secondary N) is 1. The average Bonchev–Trinajstić information content (AvgIpc) is 3.16. The molecule has 0 aliphatic rings. The molecule has 98 valence electrons. The molecule has 4 nitrogen and oxygen atoms in total. The van der Waals surface area contributed by atoms with Crippen molar-refractivity contribution in [2.24, 2.45) is 0 Å². The lowest BCUT2D eigenvalue weighted by molar-refractivity contribution is 0.973. The number of H-pyrrole nitrogens is 1. The summed E-state index contributed by atoms with van der Waals surface area (Å²) in [7, 11) is 0. The highest BCUT2D eigenvalue weighted by molar-refractivity contribution is 7.98. The van der Waals surface area contributed by atoms with Crippen molar-refractivity contribution in [2.45, 2.75) is 10.9 Å². The first-order valence-corrected chi connectivity index (χ1v) is 7.80. The van der Waals surface area contributed by atoms with Gasteiger partial charge >= 0.3 is 0 Å². The van der Waals surface area contributed by atoms with Gasteiger partial charge in [0.1, 0.15) is 0 Å². The number of nitrogens with zero attached hydrogens (tertiary/aromatic N) is 3. The molecule has 0 spiro atoms. The summed E-state index contributed by atoms with van der Waals surface area (Å²) in [6.07, 6.45) is 0. The third-order valence-corrected chi connectivity index (χ3v) is 4.44. The zero-order valence-electron chi connectivity index (χ0n) is 10.4. The van der Waals surface area contributed by atoms with Gasteiger partial charge in [-0.3, -0.25) is 5.10 Å². The Bertz CT molecular complexity index is 741. The number of thiophene rings is 1. The molecule has 3 aromatic rings. The smallest absolute Gasteiger partial charge is 0.209 e. The van der Waals surface area contributed by atoms with Crippen molar-refractivity contribution in [3.63, 3.8) is 0 Å². The van der Waals surface area contributed by atoms with E-state index in [2.05, 4.69) is 21.3 Å². The largest absolute Gasteiger partial charge is 0.257 e. The van der Waals surface area contributed by atoms with Crippen molar-refractivity contribution >= 4 is 23.1 Å². The minimum atomic E-state index is 0.678. The molecule has 20 heavy (non-hydrogen) atoms. The number of hydrogen-bond donors (Lipinski definition) is 1. The Kier molecular flexibility index (Phi) is 3.81. The standard InChI is InChI=1S/C14H10N4S2/c15-8-10-3-1-4-11(7-10)9-20-14-16-13(17-18-14)12-5-2-6-19-12/h1-7H,9H2,(H,16,17,18). The van der Waals surface area contributed by atoms with Crippen LogP contribution in [0, 0.1) is 11.3 Å². The van der Waals surface area contributed by atoms with Gasteiger partial charge < -0.3 is 0 Å². The molecule has 1 aromatic carbocycles. The van der Waals surface area contributed by atoms with Gasteiger partial charge in [-0.25, -0.2) is 4.98 Å². The van der Waals surface area contributed by atoms with E-state index < -0.39 is 0 Å². The Balaban J connectivity index is 1.68. The van der Waals surface area contributed by atoms with E-state index in [1.165, 1.54) is 0 Å². The van der Waals surface area contributed by atoms with Crippen LogP contribution in [0.4, 0.5) is 0 Å². The fraction of sp³-hybridized carbons (Fsp3) is 0.0714. The van der Waals surface area contributed by atoms with Crippen LogP contribution < -0.4 is 0 Å². The minimum Gasteiger partial charge on any atom is -0.257 e. The molecule has 0 radical (unpaired) electrons. The molecule has 6 heteroatoms. The quantitative estimate of drug-likeness (QED) is 0.746. The molecular formula is C14H10N4S2. The van der Waals surface area contributed by atoms with E-state index in [-0.39, 0.29) is 0 Å². The second-order valence-corrected chi connectivity index (χ2v) is 5.93. The summed E-state index contributed by atoms with van der Waals surface area (Å²) >= 11 is 3.18. The van der Waals surface area contributed by atoms with Gasteiger partial charge in [-0.1, -0.05) is 30.0 Å². The van der Waals surface area contributed by atoms with E-state index in [9.17, 15) is 0 Å². The van der Waals surface area contributed by atoms with Crippen molar-refractivity contribution < 1.29 is 0 Å². The van der Waals surface area contributed by atoms with Crippen LogP contribution in [0.3, 0.4) is 0 Å². The lowest BCUT2D eigenvalue weighted by Gasteiger charge is -1.98. The fourth-order valence-corrected chi connectivity index (χ4v) is 3.12. The number of aromatic nitrogens is 3. The summed E-state index contributed by atoms with van der Waals surface area (Å²) < 4.78 is 0. The minimum absolute atomic E-state index is 0.678. The van der Waals surface area contributed by atoms with Crippen LogP contribution in [-0.2, 0) is 5.75 Å². The summed E-state index contributed by atoms with van der Waals surface area (Å²) in [5, 5.41) is 18.7. The Morgan fingerprint density at radius 2 is 2.25 bits per heavy atom. The van der Waals surface area contributed by atoms with Crippen LogP contribution in [0.1, 0.15) is 11.1 Å². The van der Waals surface area contributed by atoms with Crippen LogP contribution in [0.15, 0.2) is 46.9 Å². The molecule has 0 unspecified atom stereocenters. The lowest BCUT2D eigenvalue weighted by atomic mass is 10.2. The molecule has 0 saturated carbocycles. The maximum atomic E-state index is 8.87. The predicted molar refractivity (Wildman–Crippen MR) is 80.4 cm³/mol. The summed E-state index contributed by atoms with van der Waals surface area (Å²) in [5.74, 6) is 1.55. The van der Waals surface area contributed by atoms with Gasteiger partial charge in [0, 0.05) is 5.75 Å². The van der Waals surface area contributed by atoms with Crippen LogP contribution in [0.5, 0.6) is 0 Å². The van der Waals surface area contributed by atoms with Crippen LogP contribution in [0.2, 0.25) is 0 Å². The molecule has 0 saturated heterocycles. The van der Waals surface area contributed by atoms with Crippen molar-refractivity contribution in [1.29, 1.82) is 5.26 Å². The Morgan fingerprint density at radius 3 is 3.05 bits per heavy atom. The van der Waals surface area contributed by atoms with Gasteiger partial charge in [-0.15, -0.1) is 16.4 Å². The molecule has 2 heterocycles. The highest BCUT2D eigenvalue weighted by atomic mass is 32.2. The van der Waals surface area contributed by atoms with Crippen molar-refractivity contribution in [2.75, 3.05) is 0 Å². The molecule has 0 fully saturated rings. The number of hydrogen-bond acceptors (Lipinski definition) is 5. The summed E-state index contributed by atoms with van der Waals surface area (Å²) in [6.45, 7) is 0. The second kappa shape index (κ2) is 5.90. The maximum absolute atomic E-state index is 8.87. The first-order chi connectivity index (χ1) is 9.85. The van der Waals surface area contributed by atoms with E-state index in [0.29, 0.717) is 5.56 Å². The Labute approximate surface area is 124 Å². The zero-order chi connectivity index (χ0) is 13.8. The number of rotatable bonds is 4. The van der Waals surface area contributed by atoms with E-state index in [4.69, 9.17) is 5.26 Å². The van der Waals surface area contributed by atoms with Crippen LogP contribution in [0.25, 0.3) is 10.7 Å². The predicted octanol–water partition coefficient (Wildman–Crippen LogP) is 3.70. The Morgan fingerprint density at radius 1 is 1.30 bits per heavy atom. The number of thioether (sulfide) groups is 1. The van der Waals surface area contributed by atoms with E-state index in [0.717, 1.165) is 27.2 Å². The van der Waals surface area contributed by atoms with E-state index in [1.807, 2.05) is 35.7 Å². The third-order valence-electron chi connectivity index (χ3n) is 2.64. The van der Waals surface area contributed by atoms with Gasteiger partial charge in [-0.2, -0.15) is 5.26 Å². The van der Waals surface area contributed by atoms with Gasteiger partial charge in [0.2, 0.25) is 5.16 Å². The third kappa shape index (κ3) is 2.90. The molecule has 0 amide bonds. The highest BCUT2D eigenvalue weighted by Crippen LogP contribution is 2.25. The van der Waals surface area contributed by atoms with Gasteiger partial charge in [0.15, 0.2) is 5.82 Å². The molecule has 0 aliphatic heterocycles. The topological polar surface area (TPSA) is 65.4 Å². The molecule has 0 atom stereocenters.